The van der Waals surface area contributed by atoms with Gasteiger partial charge in [0, 0.05) is 5.56 Å². The van der Waals surface area contributed by atoms with Crippen LogP contribution in [0.15, 0.2) is 41.3 Å². The van der Waals surface area contributed by atoms with Gasteiger partial charge in [-0.25, -0.2) is 0 Å². The third-order valence-corrected chi connectivity index (χ3v) is 3.93. The minimum Gasteiger partial charge on any atom is -0.282 e. The molecule has 3 nitrogen and oxygen atoms in total. The standard InChI is InChI=1S/C14H16O3S/c1-2-3-7-11-10-14(18(15,16)17)13-9-6-4-5-8-12(11)13/h4-6,8-10H,2-3,7H2,1H3,(H,15,16,17). The van der Waals surface area contributed by atoms with Crippen LogP contribution in [-0.4, -0.2) is 13.0 Å². The van der Waals surface area contributed by atoms with Crippen molar-refractivity contribution in [2.75, 3.05) is 0 Å². The number of unbranched alkanes of at least 4 members (excludes halogenated alkanes) is 1. The van der Waals surface area contributed by atoms with Crippen LogP contribution in [0.25, 0.3) is 11.1 Å². The van der Waals surface area contributed by atoms with Gasteiger partial charge < -0.3 is 0 Å². The predicted molar refractivity (Wildman–Crippen MR) is 71.5 cm³/mol. The molecule has 0 amide bonds. The molecule has 18 heavy (non-hydrogen) atoms. The van der Waals surface area contributed by atoms with E-state index in [0.29, 0.717) is 5.56 Å². The SMILES string of the molecule is CCCCc1cc(S(=O)(=O)O)c2cccccc1-2. The molecule has 4 heteroatoms. The van der Waals surface area contributed by atoms with Crippen molar-refractivity contribution in [1.29, 1.82) is 0 Å². The second-order valence-electron chi connectivity index (χ2n) is 4.35. The Labute approximate surface area is 108 Å². The average Bonchev–Trinajstić information content (AvgIpc) is 2.49. The van der Waals surface area contributed by atoms with Crippen LogP contribution in [0.4, 0.5) is 0 Å². The van der Waals surface area contributed by atoms with Gasteiger partial charge in [0.1, 0.15) is 4.90 Å². The molecule has 0 aliphatic heterocycles. The van der Waals surface area contributed by atoms with Gasteiger partial charge in [0.25, 0.3) is 10.1 Å². The van der Waals surface area contributed by atoms with E-state index in [-0.39, 0.29) is 4.90 Å². The van der Waals surface area contributed by atoms with Crippen LogP contribution in [0, 0.1) is 0 Å². The van der Waals surface area contributed by atoms with Gasteiger partial charge in [-0.05, 0) is 30.0 Å². The molecule has 0 aromatic carbocycles. The summed E-state index contributed by atoms with van der Waals surface area (Å²) in [6.45, 7) is 2.09. The van der Waals surface area contributed by atoms with Crippen molar-refractivity contribution < 1.29 is 13.0 Å². The van der Waals surface area contributed by atoms with E-state index in [2.05, 4.69) is 6.92 Å². The largest absolute Gasteiger partial charge is 0.295 e. The highest BCUT2D eigenvalue weighted by atomic mass is 32.2. The Morgan fingerprint density at radius 1 is 1.11 bits per heavy atom. The molecular weight excluding hydrogens is 248 g/mol. The lowest BCUT2D eigenvalue weighted by Crippen LogP contribution is -1.96. The molecule has 0 aromatic heterocycles. The second-order valence-corrected chi connectivity index (χ2v) is 5.74. The van der Waals surface area contributed by atoms with Crippen molar-refractivity contribution in [2.45, 2.75) is 31.1 Å². The highest BCUT2D eigenvalue weighted by Crippen LogP contribution is 2.35. The topological polar surface area (TPSA) is 54.4 Å². The molecule has 96 valence electrons. The number of hydrogen-bond acceptors (Lipinski definition) is 2. The van der Waals surface area contributed by atoms with E-state index in [9.17, 15) is 13.0 Å². The summed E-state index contributed by atoms with van der Waals surface area (Å²) in [5.74, 6) is 0. The van der Waals surface area contributed by atoms with Gasteiger partial charge in [-0.1, -0.05) is 43.7 Å². The monoisotopic (exact) mass is 264 g/mol. The van der Waals surface area contributed by atoms with E-state index in [1.165, 1.54) is 0 Å². The number of hydrogen-bond donors (Lipinski definition) is 1. The summed E-state index contributed by atoms with van der Waals surface area (Å²) in [6, 6.07) is 10.7. The van der Waals surface area contributed by atoms with Crippen LogP contribution >= 0.6 is 0 Å². The maximum Gasteiger partial charge on any atom is 0.295 e. The summed E-state index contributed by atoms with van der Waals surface area (Å²) in [6.07, 6.45) is 2.88. The summed E-state index contributed by atoms with van der Waals surface area (Å²) in [5.41, 5.74) is 2.48. The van der Waals surface area contributed by atoms with Crippen LogP contribution in [-0.2, 0) is 16.5 Å². The Hall–Kier alpha value is -1.39. The molecule has 2 aliphatic rings. The van der Waals surface area contributed by atoms with E-state index >= 15 is 0 Å². The summed E-state index contributed by atoms with van der Waals surface area (Å²) < 4.78 is 32.1. The molecule has 2 rings (SSSR count). The van der Waals surface area contributed by atoms with Gasteiger partial charge in [0.05, 0.1) is 0 Å². The molecule has 0 spiro atoms. The van der Waals surface area contributed by atoms with E-state index in [0.717, 1.165) is 30.4 Å². The van der Waals surface area contributed by atoms with Crippen LogP contribution in [0.3, 0.4) is 0 Å². The first-order chi connectivity index (χ1) is 8.54. The van der Waals surface area contributed by atoms with Gasteiger partial charge in [0.2, 0.25) is 0 Å². The molecule has 0 radical (unpaired) electrons. The van der Waals surface area contributed by atoms with Crippen molar-refractivity contribution in [3.63, 3.8) is 0 Å². The minimum atomic E-state index is -4.16. The molecule has 1 N–H and O–H groups in total. The maximum atomic E-state index is 11.4. The quantitative estimate of drug-likeness (QED) is 0.861. The molecular formula is C14H16O3S. The average molecular weight is 264 g/mol. The number of aryl methyl sites for hydroxylation is 1. The van der Waals surface area contributed by atoms with Crippen molar-refractivity contribution in [2.24, 2.45) is 0 Å². The third kappa shape index (κ3) is 2.54. The van der Waals surface area contributed by atoms with E-state index in [1.807, 2.05) is 18.2 Å². The molecule has 0 bridgehead atoms. The molecule has 0 atom stereocenters. The summed E-state index contributed by atoms with van der Waals surface area (Å²) in [5, 5.41) is 0. The lowest BCUT2D eigenvalue weighted by molar-refractivity contribution is 0.484. The van der Waals surface area contributed by atoms with Crippen molar-refractivity contribution in [3.05, 3.63) is 42.0 Å². The Kier molecular flexibility index (Phi) is 3.68. The Morgan fingerprint density at radius 3 is 2.39 bits per heavy atom. The molecule has 0 saturated carbocycles. The van der Waals surface area contributed by atoms with Crippen LogP contribution in [0.2, 0.25) is 0 Å². The molecule has 0 unspecified atom stereocenters. The normalized spacial score (nSPS) is 11.9. The van der Waals surface area contributed by atoms with Crippen LogP contribution < -0.4 is 0 Å². The van der Waals surface area contributed by atoms with Gasteiger partial charge in [-0.3, -0.25) is 4.55 Å². The lowest BCUT2D eigenvalue weighted by atomic mass is 10.1. The Morgan fingerprint density at radius 2 is 1.78 bits per heavy atom. The zero-order valence-corrected chi connectivity index (χ0v) is 11.1. The first-order valence-electron chi connectivity index (χ1n) is 6.02. The van der Waals surface area contributed by atoms with Gasteiger partial charge in [-0.2, -0.15) is 8.42 Å². The first kappa shape index (κ1) is 13.1. The second kappa shape index (κ2) is 5.08. The minimum absolute atomic E-state index is 0.0137. The highest BCUT2D eigenvalue weighted by Gasteiger charge is 2.22. The van der Waals surface area contributed by atoms with E-state index in [4.69, 9.17) is 0 Å². The fraction of sp³-hybridized carbons (Fsp3) is 0.286. The van der Waals surface area contributed by atoms with Crippen molar-refractivity contribution >= 4 is 10.1 Å². The van der Waals surface area contributed by atoms with E-state index in [1.54, 1.807) is 18.2 Å². The lowest BCUT2D eigenvalue weighted by Gasteiger charge is -2.00. The van der Waals surface area contributed by atoms with Crippen molar-refractivity contribution in [3.8, 4) is 11.1 Å². The summed E-state index contributed by atoms with van der Waals surface area (Å²) >= 11 is 0. The third-order valence-electron chi connectivity index (χ3n) is 3.03. The number of rotatable bonds is 4. The first-order valence-corrected chi connectivity index (χ1v) is 7.46. The Balaban J connectivity index is 2.61. The summed E-state index contributed by atoms with van der Waals surface area (Å²) in [4.78, 5) is 0.0137. The van der Waals surface area contributed by atoms with Gasteiger partial charge >= 0.3 is 0 Å². The maximum absolute atomic E-state index is 11.4. The van der Waals surface area contributed by atoms with Gasteiger partial charge in [-0.15, -0.1) is 0 Å². The van der Waals surface area contributed by atoms with Crippen LogP contribution in [0.5, 0.6) is 0 Å². The fourth-order valence-corrected chi connectivity index (χ4v) is 2.89. The molecule has 0 heterocycles. The molecule has 2 aliphatic carbocycles. The highest BCUT2D eigenvalue weighted by molar-refractivity contribution is 7.86. The van der Waals surface area contributed by atoms with Gasteiger partial charge in [0.15, 0.2) is 0 Å². The smallest absolute Gasteiger partial charge is 0.282 e. The number of fused-ring (bicyclic) bond motifs is 1. The Bertz CT molecular complexity index is 617. The zero-order valence-electron chi connectivity index (χ0n) is 10.3. The van der Waals surface area contributed by atoms with Crippen LogP contribution in [0.1, 0.15) is 25.3 Å². The molecule has 0 fully saturated rings. The van der Waals surface area contributed by atoms with E-state index < -0.39 is 10.1 Å². The molecule has 0 aromatic rings. The fourth-order valence-electron chi connectivity index (χ4n) is 2.14. The summed E-state index contributed by atoms with van der Waals surface area (Å²) in [7, 11) is -4.16. The van der Waals surface area contributed by atoms with Crippen molar-refractivity contribution in [1.82, 2.24) is 0 Å². The molecule has 0 saturated heterocycles. The predicted octanol–water partition coefficient (Wildman–Crippen LogP) is 3.38. The zero-order chi connectivity index (χ0) is 13.2.